The van der Waals surface area contributed by atoms with Crippen molar-refractivity contribution in [3.63, 3.8) is 0 Å². The Morgan fingerprint density at radius 1 is 1.67 bits per heavy atom. The van der Waals surface area contributed by atoms with Crippen LogP contribution >= 0.6 is 11.8 Å². The number of hydrogen-bond donors (Lipinski definition) is 2. The van der Waals surface area contributed by atoms with E-state index < -0.39 is 5.60 Å². The number of aliphatic hydroxyl groups is 1. The molecule has 2 N–H and O–H groups in total. The predicted molar refractivity (Wildman–Crippen MR) is 63.9 cm³/mol. The Balaban J connectivity index is 2.29. The minimum atomic E-state index is -0.798. The van der Waals surface area contributed by atoms with Gasteiger partial charge in [0.2, 0.25) is 5.91 Å². The van der Waals surface area contributed by atoms with Crippen LogP contribution in [-0.4, -0.2) is 35.2 Å². The molecule has 88 valence electrons. The average Bonchev–Trinajstić information content (AvgIpc) is 2.71. The third kappa shape index (κ3) is 3.68. The smallest absolute Gasteiger partial charge is 0.223 e. The summed E-state index contributed by atoms with van der Waals surface area (Å²) >= 11 is 1.58. The second kappa shape index (κ2) is 4.34. The summed E-state index contributed by atoms with van der Waals surface area (Å²) in [4.78, 5) is 11.6. The lowest BCUT2D eigenvalue weighted by Crippen LogP contribution is -2.43. The molecule has 2 unspecified atom stereocenters. The first-order chi connectivity index (χ1) is 6.78. The van der Waals surface area contributed by atoms with Crippen LogP contribution in [-0.2, 0) is 4.79 Å². The van der Waals surface area contributed by atoms with Crippen LogP contribution < -0.4 is 5.32 Å². The standard InChI is InChI=1S/C11H21NO2S/c1-10(2)5-8(10)9(13)12-6-11(3,14)7-15-4/h8,14H,5-7H2,1-4H3,(H,12,13). The van der Waals surface area contributed by atoms with E-state index in [1.165, 1.54) is 0 Å². The van der Waals surface area contributed by atoms with Crippen LogP contribution in [0.2, 0.25) is 0 Å². The highest BCUT2D eigenvalue weighted by molar-refractivity contribution is 7.98. The molecule has 4 heteroatoms. The normalized spacial score (nSPS) is 26.9. The molecule has 0 aliphatic heterocycles. The lowest BCUT2D eigenvalue weighted by molar-refractivity contribution is -0.123. The molecule has 1 saturated carbocycles. The number of amides is 1. The summed E-state index contributed by atoms with van der Waals surface area (Å²) in [5.74, 6) is 0.866. The van der Waals surface area contributed by atoms with Gasteiger partial charge in [0.15, 0.2) is 0 Å². The van der Waals surface area contributed by atoms with E-state index in [9.17, 15) is 9.90 Å². The Bertz CT molecular complexity index is 251. The molecular formula is C11H21NO2S. The third-order valence-electron chi connectivity index (χ3n) is 2.93. The highest BCUT2D eigenvalue weighted by Gasteiger charge is 2.50. The minimum absolute atomic E-state index is 0.0846. The van der Waals surface area contributed by atoms with Crippen LogP contribution in [0.4, 0.5) is 0 Å². The van der Waals surface area contributed by atoms with Gasteiger partial charge in [-0.1, -0.05) is 13.8 Å². The van der Waals surface area contributed by atoms with Gasteiger partial charge in [-0.25, -0.2) is 0 Å². The van der Waals surface area contributed by atoms with E-state index in [0.717, 1.165) is 6.42 Å². The quantitative estimate of drug-likeness (QED) is 0.749. The molecule has 0 bridgehead atoms. The van der Waals surface area contributed by atoms with Gasteiger partial charge in [-0.05, 0) is 25.0 Å². The maximum Gasteiger partial charge on any atom is 0.223 e. The van der Waals surface area contributed by atoms with E-state index in [4.69, 9.17) is 0 Å². The number of rotatable bonds is 5. The summed E-state index contributed by atoms with van der Waals surface area (Å²) in [6, 6.07) is 0. The molecule has 2 atom stereocenters. The molecule has 1 amide bonds. The highest BCUT2D eigenvalue weighted by Crippen LogP contribution is 2.51. The number of carbonyl (C=O) groups excluding carboxylic acids is 1. The fourth-order valence-electron chi connectivity index (χ4n) is 1.68. The largest absolute Gasteiger partial charge is 0.387 e. The first-order valence-electron chi connectivity index (χ1n) is 5.27. The Morgan fingerprint density at radius 2 is 2.20 bits per heavy atom. The molecule has 15 heavy (non-hydrogen) atoms. The molecule has 0 spiro atoms. The van der Waals surface area contributed by atoms with Crippen LogP contribution in [0.15, 0.2) is 0 Å². The van der Waals surface area contributed by atoms with Crippen molar-refractivity contribution in [2.45, 2.75) is 32.8 Å². The van der Waals surface area contributed by atoms with E-state index in [2.05, 4.69) is 19.2 Å². The second-order valence-electron chi connectivity index (χ2n) is 5.39. The van der Waals surface area contributed by atoms with Gasteiger partial charge in [0.25, 0.3) is 0 Å². The second-order valence-corrected chi connectivity index (χ2v) is 6.26. The SMILES string of the molecule is CSCC(C)(O)CNC(=O)C1CC1(C)C. The van der Waals surface area contributed by atoms with Crippen LogP contribution in [0.25, 0.3) is 0 Å². The number of nitrogens with one attached hydrogen (secondary N) is 1. The number of carbonyl (C=O) groups is 1. The molecule has 0 aromatic heterocycles. The van der Waals surface area contributed by atoms with Crippen LogP contribution in [0.1, 0.15) is 27.2 Å². The van der Waals surface area contributed by atoms with Gasteiger partial charge in [-0.2, -0.15) is 11.8 Å². The van der Waals surface area contributed by atoms with Gasteiger partial charge < -0.3 is 10.4 Å². The van der Waals surface area contributed by atoms with Gasteiger partial charge in [0.1, 0.15) is 0 Å². The summed E-state index contributed by atoms with van der Waals surface area (Å²) in [7, 11) is 0. The van der Waals surface area contributed by atoms with E-state index in [-0.39, 0.29) is 17.2 Å². The molecule has 3 nitrogen and oxygen atoms in total. The topological polar surface area (TPSA) is 49.3 Å². The van der Waals surface area contributed by atoms with Crippen molar-refractivity contribution in [3.05, 3.63) is 0 Å². The Hall–Kier alpha value is -0.220. The molecule has 0 radical (unpaired) electrons. The fourth-order valence-corrected chi connectivity index (χ4v) is 2.40. The number of thioether (sulfide) groups is 1. The Kier molecular flexibility index (Phi) is 3.71. The van der Waals surface area contributed by atoms with Crippen molar-refractivity contribution >= 4 is 17.7 Å². The third-order valence-corrected chi connectivity index (χ3v) is 3.84. The first kappa shape index (κ1) is 12.8. The Morgan fingerprint density at radius 3 is 2.60 bits per heavy atom. The zero-order valence-corrected chi connectivity index (χ0v) is 10.8. The van der Waals surface area contributed by atoms with Gasteiger partial charge in [-0.3, -0.25) is 4.79 Å². The molecule has 0 aromatic carbocycles. The summed E-state index contributed by atoms with van der Waals surface area (Å²) in [6.07, 6.45) is 2.91. The van der Waals surface area contributed by atoms with E-state index >= 15 is 0 Å². The van der Waals surface area contributed by atoms with Crippen molar-refractivity contribution in [2.24, 2.45) is 11.3 Å². The predicted octanol–water partition coefficient (Wildman–Crippen LogP) is 1.26. The van der Waals surface area contributed by atoms with Crippen molar-refractivity contribution in [1.29, 1.82) is 0 Å². The summed E-state index contributed by atoms with van der Waals surface area (Å²) in [5, 5.41) is 12.7. The molecule has 1 fully saturated rings. The summed E-state index contributed by atoms with van der Waals surface area (Å²) in [5.41, 5.74) is -0.635. The lowest BCUT2D eigenvalue weighted by Gasteiger charge is -2.22. The molecule has 1 aliphatic rings. The first-order valence-corrected chi connectivity index (χ1v) is 6.67. The molecular weight excluding hydrogens is 210 g/mol. The fraction of sp³-hybridized carbons (Fsp3) is 0.909. The summed E-state index contributed by atoms with van der Waals surface area (Å²) < 4.78 is 0. The average molecular weight is 231 g/mol. The van der Waals surface area contributed by atoms with Gasteiger partial charge >= 0.3 is 0 Å². The Labute approximate surface area is 96.0 Å². The van der Waals surface area contributed by atoms with Gasteiger partial charge in [-0.15, -0.1) is 0 Å². The monoisotopic (exact) mass is 231 g/mol. The maximum absolute atomic E-state index is 11.6. The lowest BCUT2D eigenvalue weighted by atomic mass is 10.1. The van der Waals surface area contributed by atoms with Crippen LogP contribution in [0, 0.1) is 11.3 Å². The van der Waals surface area contributed by atoms with Crippen molar-refractivity contribution in [1.82, 2.24) is 5.32 Å². The van der Waals surface area contributed by atoms with Gasteiger partial charge in [0.05, 0.1) is 5.60 Å². The van der Waals surface area contributed by atoms with Gasteiger partial charge in [0, 0.05) is 18.2 Å². The highest BCUT2D eigenvalue weighted by atomic mass is 32.2. The van der Waals surface area contributed by atoms with Crippen molar-refractivity contribution in [2.75, 3.05) is 18.6 Å². The zero-order valence-electron chi connectivity index (χ0n) is 9.96. The zero-order chi connectivity index (χ0) is 11.7. The molecule has 0 heterocycles. The molecule has 1 rings (SSSR count). The van der Waals surface area contributed by atoms with E-state index in [0.29, 0.717) is 12.3 Å². The molecule has 1 aliphatic carbocycles. The molecule has 0 aromatic rings. The minimum Gasteiger partial charge on any atom is -0.387 e. The molecule has 0 saturated heterocycles. The van der Waals surface area contributed by atoms with E-state index in [1.807, 2.05) is 6.26 Å². The van der Waals surface area contributed by atoms with Crippen molar-refractivity contribution < 1.29 is 9.90 Å². The van der Waals surface area contributed by atoms with Crippen LogP contribution in [0.3, 0.4) is 0 Å². The number of hydrogen-bond acceptors (Lipinski definition) is 3. The summed E-state index contributed by atoms with van der Waals surface area (Å²) in [6.45, 7) is 6.29. The van der Waals surface area contributed by atoms with Crippen molar-refractivity contribution in [3.8, 4) is 0 Å². The van der Waals surface area contributed by atoms with E-state index in [1.54, 1.807) is 18.7 Å². The maximum atomic E-state index is 11.6. The van der Waals surface area contributed by atoms with Crippen LogP contribution in [0.5, 0.6) is 0 Å².